The lowest BCUT2D eigenvalue weighted by Gasteiger charge is -2.38. The summed E-state index contributed by atoms with van der Waals surface area (Å²) in [5.41, 5.74) is 0.682. The Kier molecular flexibility index (Phi) is 5.31. The third kappa shape index (κ3) is 4.12. The Labute approximate surface area is 181 Å². The van der Waals surface area contributed by atoms with Crippen LogP contribution in [0.1, 0.15) is 42.5 Å². The van der Waals surface area contributed by atoms with Crippen molar-refractivity contribution in [1.29, 1.82) is 0 Å². The number of aliphatic hydroxyl groups is 1. The molecule has 0 aliphatic carbocycles. The highest BCUT2D eigenvalue weighted by molar-refractivity contribution is 5.93. The molecule has 0 spiro atoms. The Morgan fingerprint density at radius 2 is 1.74 bits per heavy atom. The number of nitrogens with zero attached hydrogens (tertiary/aromatic N) is 6. The number of hydrogen-bond donors (Lipinski definition) is 1. The number of likely N-dealkylation sites (tertiary alicyclic amines) is 1. The molecule has 3 aromatic rings. The van der Waals surface area contributed by atoms with Crippen molar-refractivity contribution in [3.63, 3.8) is 0 Å². The van der Waals surface area contributed by atoms with Gasteiger partial charge < -0.3 is 19.5 Å². The van der Waals surface area contributed by atoms with E-state index in [0.717, 1.165) is 36.8 Å². The summed E-state index contributed by atoms with van der Waals surface area (Å²) in [4.78, 5) is 30.0. The Balaban J connectivity index is 1.21. The smallest absolute Gasteiger partial charge is 0.256 e. The molecule has 0 aromatic carbocycles. The average molecular weight is 421 g/mol. The maximum atomic E-state index is 12.9. The number of piperidine rings is 2. The Morgan fingerprint density at radius 3 is 2.48 bits per heavy atom. The molecule has 8 nitrogen and oxygen atoms in total. The molecule has 162 valence electrons. The molecule has 2 aliphatic rings. The van der Waals surface area contributed by atoms with E-state index in [2.05, 4.69) is 19.9 Å². The van der Waals surface area contributed by atoms with E-state index in [1.807, 2.05) is 29.1 Å². The van der Waals surface area contributed by atoms with Gasteiger partial charge in [-0.2, -0.15) is 0 Å². The second-order valence-electron chi connectivity index (χ2n) is 8.71. The van der Waals surface area contributed by atoms with Gasteiger partial charge in [0.25, 0.3) is 5.91 Å². The van der Waals surface area contributed by atoms with Gasteiger partial charge in [-0.3, -0.25) is 9.78 Å². The number of carbonyl (C=O) groups excluding carboxylic acids is 1. The molecular weight excluding hydrogens is 392 g/mol. The minimum absolute atomic E-state index is 0.0668. The van der Waals surface area contributed by atoms with Crippen LogP contribution in [0.4, 0.5) is 5.95 Å². The van der Waals surface area contributed by atoms with E-state index in [-0.39, 0.29) is 5.91 Å². The zero-order valence-electron chi connectivity index (χ0n) is 17.7. The van der Waals surface area contributed by atoms with E-state index in [0.29, 0.717) is 44.0 Å². The van der Waals surface area contributed by atoms with Crippen molar-refractivity contribution in [2.75, 3.05) is 31.1 Å². The molecule has 3 aromatic heterocycles. The second kappa shape index (κ2) is 8.26. The van der Waals surface area contributed by atoms with Crippen LogP contribution in [0.25, 0.3) is 10.9 Å². The number of pyridine rings is 1. The molecule has 5 heterocycles. The SMILES string of the molecule is O=C(c1cnc(N2CCCCC2)nc1)N1CCC(O)(Cn2ccc3ccncc32)CC1. The minimum atomic E-state index is -0.840. The van der Waals surface area contributed by atoms with E-state index in [1.165, 1.54) is 6.42 Å². The van der Waals surface area contributed by atoms with Gasteiger partial charge in [-0.25, -0.2) is 9.97 Å². The predicted octanol–water partition coefficient (Wildman–Crippen LogP) is 2.48. The molecule has 5 rings (SSSR count). The number of hydrogen-bond acceptors (Lipinski definition) is 6. The number of amides is 1. The Morgan fingerprint density at radius 1 is 1.00 bits per heavy atom. The number of fused-ring (bicyclic) bond motifs is 1. The normalized spacial score (nSPS) is 19.0. The van der Waals surface area contributed by atoms with E-state index in [1.54, 1.807) is 23.5 Å². The predicted molar refractivity (Wildman–Crippen MR) is 118 cm³/mol. The van der Waals surface area contributed by atoms with Crippen molar-refractivity contribution < 1.29 is 9.90 Å². The van der Waals surface area contributed by atoms with Gasteiger partial charge in [0.15, 0.2) is 0 Å². The van der Waals surface area contributed by atoms with E-state index in [4.69, 9.17) is 0 Å². The fourth-order valence-corrected chi connectivity index (χ4v) is 4.64. The Bertz CT molecular complexity index is 1050. The molecule has 1 amide bonds. The highest BCUT2D eigenvalue weighted by atomic mass is 16.3. The van der Waals surface area contributed by atoms with Crippen molar-refractivity contribution in [1.82, 2.24) is 24.4 Å². The van der Waals surface area contributed by atoms with Gasteiger partial charge in [-0.1, -0.05) is 0 Å². The molecule has 0 unspecified atom stereocenters. The lowest BCUT2D eigenvalue weighted by atomic mass is 9.91. The van der Waals surface area contributed by atoms with Crippen molar-refractivity contribution in [2.45, 2.75) is 44.2 Å². The topological polar surface area (TPSA) is 87.4 Å². The summed E-state index contributed by atoms with van der Waals surface area (Å²) in [6, 6.07) is 4.00. The molecule has 2 saturated heterocycles. The van der Waals surface area contributed by atoms with Crippen LogP contribution in [-0.2, 0) is 6.54 Å². The van der Waals surface area contributed by atoms with Gasteiger partial charge in [0.05, 0.1) is 29.4 Å². The number of anilines is 1. The van der Waals surface area contributed by atoms with Crippen LogP contribution in [-0.4, -0.2) is 67.2 Å². The van der Waals surface area contributed by atoms with E-state index in [9.17, 15) is 9.90 Å². The summed E-state index contributed by atoms with van der Waals surface area (Å²) in [5, 5.41) is 12.3. The highest BCUT2D eigenvalue weighted by Gasteiger charge is 2.35. The third-order valence-corrected chi connectivity index (χ3v) is 6.55. The van der Waals surface area contributed by atoms with Crippen LogP contribution in [0.3, 0.4) is 0 Å². The zero-order chi connectivity index (χ0) is 21.3. The van der Waals surface area contributed by atoms with Gasteiger partial charge >= 0.3 is 0 Å². The van der Waals surface area contributed by atoms with E-state index < -0.39 is 5.60 Å². The molecule has 1 N–H and O–H groups in total. The van der Waals surface area contributed by atoms with Crippen molar-refractivity contribution in [3.8, 4) is 0 Å². The first-order valence-electron chi connectivity index (χ1n) is 11.1. The van der Waals surface area contributed by atoms with Crippen molar-refractivity contribution in [2.24, 2.45) is 0 Å². The molecule has 0 saturated carbocycles. The fourth-order valence-electron chi connectivity index (χ4n) is 4.64. The first kappa shape index (κ1) is 19.9. The maximum absolute atomic E-state index is 12.9. The van der Waals surface area contributed by atoms with Gasteiger partial charge in [0.2, 0.25) is 5.95 Å². The van der Waals surface area contributed by atoms with Crippen LogP contribution in [0, 0.1) is 0 Å². The largest absolute Gasteiger partial charge is 0.388 e. The summed E-state index contributed by atoms with van der Waals surface area (Å²) in [6.07, 6.45) is 13.5. The van der Waals surface area contributed by atoms with Crippen molar-refractivity contribution in [3.05, 3.63) is 48.7 Å². The average Bonchev–Trinajstić information content (AvgIpc) is 3.22. The summed E-state index contributed by atoms with van der Waals surface area (Å²) in [6.45, 7) is 3.48. The summed E-state index contributed by atoms with van der Waals surface area (Å²) < 4.78 is 2.05. The minimum Gasteiger partial charge on any atom is -0.388 e. The van der Waals surface area contributed by atoms with Crippen LogP contribution in [0.5, 0.6) is 0 Å². The van der Waals surface area contributed by atoms with Gasteiger partial charge in [0, 0.05) is 56.4 Å². The molecule has 2 aliphatic heterocycles. The third-order valence-electron chi connectivity index (χ3n) is 6.55. The van der Waals surface area contributed by atoms with E-state index >= 15 is 0 Å². The lowest BCUT2D eigenvalue weighted by molar-refractivity contribution is -0.0284. The summed E-state index contributed by atoms with van der Waals surface area (Å²) in [7, 11) is 0. The fraction of sp³-hybridized carbons (Fsp3) is 0.478. The van der Waals surface area contributed by atoms with Gasteiger partial charge in [0.1, 0.15) is 0 Å². The molecular formula is C23H28N6O2. The van der Waals surface area contributed by atoms with Crippen LogP contribution in [0.15, 0.2) is 43.1 Å². The Hall–Kier alpha value is -3.00. The highest BCUT2D eigenvalue weighted by Crippen LogP contribution is 2.27. The second-order valence-corrected chi connectivity index (χ2v) is 8.71. The number of aromatic nitrogens is 4. The quantitative estimate of drug-likeness (QED) is 0.698. The van der Waals surface area contributed by atoms with Crippen LogP contribution >= 0.6 is 0 Å². The first-order chi connectivity index (χ1) is 15.1. The molecule has 0 radical (unpaired) electrons. The van der Waals surface area contributed by atoms with Gasteiger partial charge in [-0.15, -0.1) is 0 Å². The molecule has 0 bridgehead atoms. The lowest BCUT2D eigenvalue weighted by Crippen LogP contribution is -2.48. The van der Waals surface area contributed by atoms with Crippen LogP contribution in [0.2, 0.25) is 0 Å². The number of rotatable bonds is 4. The zero-order valence-corrected chi connectivity index (χ0v) is 17.7. The monoisotopic (exact) mass is 420 g/mol. The molecule has 2 fully saturated rings. The first-order valence-corrected chi connectivity index (χ1v) is 11.1. The summed E-state index contributed by atoms with van der Waals surface area (Å²) in [5.74, 6) is 0.639. The number of carbonyl (C=O) groups is 1. The molecule has 31 heavy (non-hydrogen) atoms. The molecule has 0 atom stereocenters. The van der Waals surface area contributed by atoms with Gasteiger partial charge in [-0.05, 0) is 44.2 Å². The standard InChI is InChI=1S/C23H28N6O2/c30-21(19-14-25-22(26-15-19)28-9-2-1-3-10-28)27-12-6-23(31,7-13-27)17-29-11-5-18-4-8-24-16-20(18)29/h4-5,8,11,14-16,31H,1-3,6-7,9-10,12-13,17H2. The van der Waals surface area contributed by atoms with Crippen LogP contribution < -0.4 is 4.90 Å². The maximum Gasteiger partial charge on any atom is 0.256 e. The van der Waals surface area contributed by atoms with Crippen molar-refractivity contribution >= 4 is 22.8 Å². The summed E-state index contributed by atoms with van der Waals surface area (Å²) >= 11 is 0. The molecule has 8 heteroatoms.